The average Bonchev–Trinajstić information content (AvgIpc) is 2.46. The molecule has 0 saturated carbocycles. The van der Waals surface area contributed by atoms with Crippen LogP contribution in [0.1, 0.15) is 20.7 Å². The molecule has 0 heterocycles. The summed E-state index contributed by atoms with van der Waals surface area (Å²) in [6.45, 7) is 0. The van der Waals surface area contributed by atoms with Gasteiger partial charge in [-0.1, -0.05) is 0 Å². The Kier molecular flexibility index (Phi) is 4.08. The molecule has 2 amide bonds. The summed E-state index contributed by atoms with van der Waals surface area (Å²) in [6.07, 6.45) is 0. The summed E-state index contributed by atoms with van der Waals surface area (Å²) in [5, 5.41) is 5.24. The van der Waals surface area contributed by atoms with E-state index in [1.165, 1.54) is 0 Å². The van der Waals surface area contributed by atoms with E-state index in [9.17, 15) is 9.59 Å². The molecule has 0 unspecified atom stereocenters. The van der Waals surface area contributed by atoms with Gasteiger partial charge in [-0.25, -0.2) is 0 Å². The van der Waals surface area contributed by atoms with Crippen LogP contribution in [0.15, 0.2) is 42.5 Å². The first kappa shape index (κ1) is 14.4. The minimum atomic E-state index is -0.318. The summed E-state index contributed by atoms with van der Waals surface area (Å²) in [6, 6.07) is 11.2. The normalized spacial score (nSPS) is 9.95. The molecule has 0 aromatic heterocycles. The van der Waals surface area contributed by atoms with Crippen molar-refractivity contribution in [1.82, 2.24) is 5.32 Å². The van der Waals surface area contributed by atoms with Gasteiger partial charge in [0.2, 0.25) is 0 Å². The van der Waals surface area contributed by atoms with Gasteiger partial charge in [0.25, 0.3) is 11.8 Å². The van der Waals surface area contributed by atoms with Gasteiger partial charge in [-0.15, -0.1) is 0 Å². The number of nitrogens with one attached hydrogen (secondary N) is 2. The van der Waals surface area contributed by atoms with Gasteiger partial charge >= 0.3 is 0 Å². The van der Waals surface area contributed by atoms with Gasteiger partial charge in [0.1, 0.15) is 0 Å². The lowest BCUT2D eigenvalue weighted by atomic mass is 10.1. The van der Waals surface area contributed by atoms with Crippen molar-refractivity contribution in [3.05, 3.63) is 53.6 Å². The zero-order chi connectivity index (χ0) is 15.4. The molecule has 0 radical (unpaired) electrons. The van der Waals surface area contributed by atoms with Crippen LogP contribution in [0.25, 0.3) is 0 Å². The predicted molar refractivity (Wildman–Crippen MR) is 83.1 cm³/mol. The van der Waals surface area contributed by atoms with Crippen LogP contribution in [0.3, 0.4) is 0 Å². The number of nitrogen functional groups attached to an aromatic ring is 2. The second kappa shape index (κ2) is 5.96. The second-order valence-electron chi connectivity index (χ2n) is 4.50. The Balaban J connectivity index is 2.14. The van der Waals surface area contributed by atoms with Crippen LogP contribution in [0.2, 0.25) is 0 Å². The van der Waals surface area contributed by atoms with Crippen LogP contribution in [0.4, 0.5) is 17.1 Å². The number of hydrogen-bond donors (Lipinski definition) is 4. The number of carbonyl (C=O) groups is 2. The highest BCUT2D eigenvalue weighted by Crippen LogP contribution is 2.16. The third-order valence-electron chi connectivity index (χ3n) is 2.87. The highest BCUT2D eigenvalue weighted by Gasteiger charge is 2.08. The summed E-state index contributed by atoms with van der Waals surface area (Å²) in [5.41, 5.74) is 13.6. The smallest absolute Gasteiger partial charge is 0.255 e. The monoisotopic (exact) mass is 284 g/mol. The maximum absolute atomic E-state index is 12.1. The SMILES string of the molecule is CNC(=O)c1ccc(NC(=O)c2cc(N)cc(N)c2)cc1. The third-order valence-corrected chi connectivity index (χ3v) is 2.87. The minimum absolute atomic E-state index is 0.184. The number of rotatable bonds is 3. The number of anilines is 3. The molecular weight excluding hydrogens is 268 g/mol. The molecule has 0 aliphatic heterocycles. The van der Waals surface area contributed by atoms with E-state index in [0.717, 1.165) is 0 Å². The highest BCUT2D eigenvalue weighted by atomic mass is 16.2. The standard InChI is InChI=1S/C15H16N4O2/c1-18-14(20)9-2-4-13(5-3-9)19-15(21)10-6-11(16)8-12(17)7-10/h2-8H,16-17H2,1H3,(H,18,20)(H,19,21). The van der Waals surface area contributed by atoms with Gasteiger partial charge in [-0.05, 0) is 42.5 Å². The lowest BCUT2D eigenvalue weighted by Gasteiger charge is -2.08. The molecule has 2 rings (SSSR count). The summed E-state index contributed by atoms with van der Waals surface area (Å²) in [4.78, 5) is 23.5. The zero-order valence-electron chi connectivity index (χ0n) is 11.5. The average molecular weight is 284 g/mol. The van der Waals surface area contributed by atoms with Crippen molar-refractivity contribution in [2.24, 2.45) is 0 Å². The van der Waals surface area contributed by atoms with Crippen LogP contribution in [-0.2, 0) is 0 Å². The molecule has 0 aliphatic rings. The van der Waals surface area contributed by atoms with Crippen molar-refractivity contribution in [2.75, 3.05) is 23.8 Å². The molecule has 0 fully saturated rings. The van der Waals surface area contributed by atoms with Crippen LogP contribution >= 0.6 is 0 Å². The van der Waals surface area contributed by atoms with Gasteiger partial charge in [0.15, 0.2) is 0 Å². The minimum Gasteiger partial charge on any atom is -0.399 e. The van der Waals surface area contributed by atoms with Gasteiger partial charge < -0.3 is 22.1 Å². The Bertz CT molecular complexity index is 660. The van der Waals surface area contributed by atoms with E-state index in [-0.39, 0.29) is 11.8 Å². The van der Waals surface area contributed by atoms with Gasteiger partial charge in [-0.3, -0.25) is 9.59 Å². The number of carbonyl (C=O) groups excluding carboxylic acids is 2. The largest absolute Gasteiger partial charge is 0.399 e. The Labute approximate surface area is 122 Å². The molecule has 0 bridgehead atoms. The first-order chi connectivity index (χ1) is 9.99. The Morgan fingerprint density at radius 2 is 1.43 bits per heavy atom. The number of benzene rings is 2. The summed E-state index contributed by atoms with van der Waals surface area (Å²) in [7, 11) is 1.56. The molecule has 0 aliphatic carbocycles. The van der Waals surface area contributed by atoms with Crippen LogP contribution < -0.4 is 22.1 Å². The predicted octanol–water partition coefficient (Wildman–Crippen LogP) is 1.46. The summed E-state index contributed by atoms with van der Waals surface area (Å²) >= 11 is 0. The first-order valence-electron chi connectivity index (χ1n) is 6.29. The fraction of sp³-hybridized carbons (Fsp3) is 0.0667. The second-order valence-corrected chi connectivity index (χ2v) is 4.50. The highest BCUT2D eigenvalue weighted by molar-refractivity contribution is 6.05. The fourth-order valence-electron chi connectivity index (χ4n) is 1.86. The summed E-state index contributed by atoms with van der Waals surface area (Å²) in [5.74, 6) is -0.502. The maximum Gasteiger partial charge on any atom is 0.255 e. The number of nitrogens with two attached hydrogens (primary N) is 2. The molecule has 6 heteroatoms. The van der Waals surface area contributed by atoms with Crippen molar-refractivity contribution in [3.63, 3.8) is 0 Å². The molecule has 2 aromatic carbocycles. The van der Waals surface area contributed by atoms with Crippen molar-refractivity contribution in [3.8, 4) is 0 Å². The lowest BCUT2D eigenvalue weighted by Crippen LogP contribution is -2.18. The Morgan fingerprint density at radius 1 is 0.857 bits per heavy atom. The van der Waals surface area contributed by atoms with E-state index < -0.39 is 0 Å². The molecule has 0 atom stereocenters. The molecule has 21 heavy (non-hydrogen) atoms. The number of amides is 2. The van der Waals surface area contributed by atoms with Crippen molar-refractivity contribution in [1.29, 1.82) is 0 Å². The van der Waals surface area contributed by atoms with E-state index in [1.807, 2.05) is 0 Å². The van der Waals surface area contributed by atoms with Gasteiger partial charge in [0.05, 0.1) is 0 Å². The molecule has 6 nitrogen and oxygen atoms in total. The first-order valence-corrected chi connectivity index (χ1v) is 6.29. The van der Waals surface area contributed by atoms with E-state index in [0.29, 0.717) is 28.2 Å². The van der Waals surface area contributed by atoms with Gasteiger partial charge in [-0.2, -0.15) is 0 Å². The Hall–Kier alpha value is -3.02. The molecule has 0 saturated heterocycles. The van der Waals surface area contributed by atoms with Crippen molar-refractivity contribution in [2.45, 2.75) is 0 Å². The number of hydrogen-bond acceptors (Lipinski definition) is 4. The lowest BCUT2D eigenvalue weighted by molar-refractivity contribution is 0.0962. The van der Waals surface area contributed by atoms with Crippen LogP contribution in [0, 0.1) is 0 Å². The van der Waals surface area contributed by atoms with E-state index in [2.05, 4.69) is 10.6 Å². The topological polar surface area (TPSA) is 110 Å². The molecule has 2 aromatic rings. The third kappa shape index (κ3) is 3.50. The molecule has 6 N–H and O–H groups in total. The van der Waals surface area contributed by atoms with E-state index in [1.54, 1.807) is 49.5 Å². The quantitative estimate of drug-likeness (QED) is 0.639. The van der Waals surface area contributed by atoms with Gasteiger partial charge in [0, 0.05) is 35.2 Å². The summed E-state index contributed by atoms with van der Waals surface area (Å²) < 4.78 is 0. The maximum atomic E-state index is 12.1. The van der Waals surface area contributed by atoms with E-state index in [4.69, 9.17) is 11.5 Å². The Morgan fingerprint density at radius 3 is 1.95 bits per heavy atom. The zero-order valence-corrected chi connectivity index (χ0v) is 11.5. The van der Waals surface area contributed by atoms with Crippen molar-refractivity contribution < 1.29 is 9.59 Å². The van der Waals surface area contributed by atoms with Crippen molar-refractivity contribution >= 4 is 28.9 Å². The van der Waals surface area contributed by atoms with E-state index >= 15 is 0 Å². The molecular formula is C15H16N4O2. The van der Waals surface area contributed by atoms with Crippen LogP contribution in [-0.4, -0.2) is 18.9 Å². The fourth-order valence-corrected chi connectivity index (χ4v) is 1.86. The molecule has 0 spiro atoms. The van der Waals surface area contributed by atoms with Crippen LogP contribution in [0.5, 0.6) is 0 Å². The molecule has 108 valence electrons.